The van der Waals surface area contributed by atoms with Crippen LogP contribution in [0.5, 0.6) is 0 Å². The molecule has 0 fully saturated rings. The van der Waals surface area contributed by atoms with Crippen LogP contribution in [0.1, 0.15) is 37.2 Å². The van der Waals surface area contributed by atoms with Gasteiger partial charge in [-0.25, -0.2) is 0 Å². The summed E-state index contributed by atoms with van der Waals surface area (Å²) >= 11 is 0. The number of carbonyl (C=O) groups is 1. The molecule has 118 valence electrons. The molecule has 0 aliphatic carbocycles. The highest BCUT2D eigenvalue weighted by atomic mass is 16.5. The Labute approximate surface area is 130 Å². The molecule has 2 atom stereocenters. The molecule has 0 aliphatic heterocycles. The first-order chi connectivity index (χ1) is 10.6. The van der Waals surface area contributed by atoms with Crippen LogP contribution >= 0.6 is 0 Å². The minimum atomic E-state index is -0.278. The summed E-state index contributed by atoms with van der Waals surface area (Å²) in [6.07, 6.45) is 0.588. The van der Waals surface area contributed by atoms with E-state index in [0.717, 1.165) is 5.56 Å². The van der Waals surface area contributed by atoms with Crippen molar-refractivity contribution in [2.24, 2.45) is 5.92 Å². The van der Waals surface area contributed by atoms with Crippen LogP contribution in [0.2, 0.25) is 0 Å². The normalized spacial score (nSPS) is 13.6. The van der Waals surface area contributed by atoms with E-state index in [9.17, 15) is 4.79 Å². The summed E-state index contributed by atoms with van der Waals surface area (Å²) in [5, 5.41) is 9.83. The predicted molar refractivity (Wildman–Crippen MR) is 83.2 cm³/mol. The van der Waals surface area contributed by atoms with E-state index in [1.54, 1.807) is 0 Å². The van der Waals surface area contributed by atoms with Crippen LogP contribution in [-0.2, 0) is 11.2 Å². The summed E-state index contributed by atoms with van der Waals surface area (Å²) in [6.45, 7) is 4.35. The van der Waals surface area contributed by atoms with E-state index in [1.165, 1.54) is 0 Å². The average molecular weight is 302 g/mol. The maximum atomic E-state index is 12.0. The molecule has 2 aromatic rings. The van der Waals surface area contributed by atoms with Crippen LogP contribution < -0.4 is 10.6 Å². The molecule has 1 heterocycles. The second-order valence-corrected chi connectivity index (χ2v) is 5.40. The molecule has 22 heavy (non-hydrogen) atoms. The van der Waals surface area contributed by atoms with E-state index in [0.29, 0.717) is 24.7 Å². The molecule has 0 saturated heterocycles. The Hall–Kier alpha value is -2.21. The third kappa shape index (κ3) is 4.39. The van der Waals surface area contributed by atoms with Gasteiger partial charge in [0, 0.05) is 12.5 Å². The Kier molecular flexibility index (Phi) is 5.66. The van der Waals surface area contributed by atoms with Gasteiger partial charge in [-0.3, -0.25) is 4.79 Å². The topological polar surface area (TPSA) is 80.0 Å². The third-order valence-corrected chi connectivity index (χ3v) is 3.39. The number of amides is 1. The van der Waals surface area contributed by atoms with Crippen LogP contribution in [0.15, 0.2) is 34.9 Å². The van der Waals surface area contributed by atoms with E-state index in [4.69, 9.17) is 4.52 Å². The Morgan fingerprint density at radius 3 is 2.68 bits per heavy atom. The molecule has 0 saturated carbocycles. The number of rotatable bonds is 7. The maximum Gasteiger partial charge on any atom is 0.231 e. The van der Waals surface area contributed by atoms with Crippen molar-refractivity contribution in [3.8, 4) is 0 Å². The van der Waals surface area contributed by atoms with Gasteiger partial charge in [0.2, 0.25) is 11.8 Å². The Morgan fingerprint density at radius 2 is 2.00 bits per heavy atom. The van der Waals surface area contributed by atoms with Crippen molar-refractivity contribution in [1.29, 1.82) is 0 Å². The molecule has 0 bridgehead atoms. The van der Waals surface area contributed by atoms with Crippen molar-refractivity contribution >= 4 is 5.91 Å². The van der Waals surface area contributed by atoms with Gasteiger partial charge in [-0.15, -0.1) is 0 Å². The number of hydrogen-bond acceptors (Lipinski definition) is 5. The van der Waals surface area contributed by atoms with E-state index in [1.807, 2.05) is 51.2 Å². The lowest BCUT2D eigenvalue weighted by atomic mass is 10.1. The summed E-state index contributed by atoms with van der Waals surface area (Å²) < 4.78 is 5.25. The average Bonchev–Trinajstić information content (AvgIpc) is 2.97. The van der Waals surface area contributed by atoms with Gasteiger partial charge >= 0.3 is 0 Å². The number of benzene rings is 1. The highest BCUT2D eigenvalue weighted by molar-refractivity contribution is 5.78. The Balaban J connectivity index is 1.94. The predicted octanol–water partition coefficient (Wildman–Crippen LogP) is 1.69. The third-order valence-electron chi connectivity index (χ3n) is 3.39. The lowest BCUT2D eigenvalue weighted by Gasteiger charge is -2.14. The van der Waals surface area contributed by atoms with Gasteiger partial charge in [0.15, 0.2) is 5.82 Å². The van der Waals surface area contributed by atoms with Crippen LogP contribution in [0.4, 0.5) is 0 Å². The fourth-order valence-electron chi connectivity index (χ4n) is 2.11. The van der Waals surface area contributed by atoms with Gasteiger partial charge in [-0.2, -0.15) is 4.98 Å². The summed E-state index contributed by atoms with van der Waals surface area (Å²) in [5.41, 5.74) is 1.11. The van der Waals surface area contributed by atoms with E-state index in [2.05, 4.69) is 20.8 Å². The lowest BCUT2D eigenvalue weighted by molar-refractivity contribution is -0.125. The fourth-order valence-corrected chi connectivity index (χ4v) is 2.11. The van der Waals surface area contributed by atoms with Gasteiger partial charge in [0.1, 0.15) is 0 Å². The van der Waals surface area contributed by atoms with E-state index >= 15 is 0 Å². The number of carbonyl (C=O) groups excluding carboxylic acids is 1. The highest BCUT2D eigenvalue weighted by Gasteiger charge is 2.19. The number of nitrogens with zero attached hydrogens (tertiary/aromatic N) is 2. The molecule has 2 unspecified atom stereocenters. The van der Waals surface area contributed by atoms with Crippen molar-refractivity contribution in [2.45, 2.75) is 26.3 Å². The quantitative estimate of drug-likeness (QED) is 0.813. The van der Waals surface area contributed by atoms with E-state index < -0.39 is 0 Å². The molecule has 6 heteroatoms. The molecule has 2 N–H and O–H groups in total. The maximum absolute atomic E-state index is 12.0. The number of nitrogens with one attached hydrogen (secondary N) is 2. The molecular formula is C16H22N4O2. The monoisotopic (exact) mass is 302 g/mol. The Morgan fingerprint density at radius 1 is 1.27 bits per heavy atom. The number of aromatic nitrogens is 2. The minimum absolute atomic E-state index is 0.0312. The van der Waals surface area contributed by atoms with Gasteiger partial charge in [0.05, 0.1) is 12.5 Å². The summed E-state index contributed by atoms with van der Waals surface area (Å²) in [4.78, 5) is 16.3. The van der Waals surface area contributed by atoms with Crippen molar-refractivity contribution in [1.82, 2.24) is 20.8 Å². The van der Waals surface area contributed by atoms with Crippen LogP contribution in [-0.4, -0.2) is 29.6 Å². The second-order valence-electron chi connectivity index (χ2n) is 5.40. The lowest BCUT2D eigenvalue weighted by Crippen LogP contribution is -2.36. The molecule has 1 amide bonds. The zero-order valence-corrected chi connectivity index (χ0v) is 13.2. The fraction of sp³-hybridized carbons (Fsp3) is 0.438. The molecular weight excluding hydrogens is 280 g/mol. The standard InChI is InChI=1S/C16H22N4O2/c1-11(10-17-3)16(21)18-12(2)15-19-14(22-20-15)9-13-7-5-4-6-8-13/h4-8,11-12,17H,9-10H2,1-3H3,(H,18,21). The summed E-state index contributed by atoms with van der Waals surface area (Å²) in [5.74, 6) is 0.904. The first kappa shape index (κ1) is 16.2. The highest BCUT2D eigenvalue weighted by Crippen LogP contribution is 2.12. The van der Waals surface area contributed by atoms with E-state index in [-0.39, 0.29) is 17.9 Å². The zero-order valence-electron chi connectivity index (χ0n) is 13.2. The van der Waals surface area contributed by atoms with Crippen LogP contribution in [0.3, 0.4) is 0 Å². The minimum Gasteiger partial charge on any atom is -0.346 e. The van der Waals surface area contributed by atoms with Crippen LogP contribution in [0, 0.1) is 5.92 Å². The molecule has 2 rings (SSSR count). The molecule has 0 spiro atoms. The van der Waals surface area contributed by atoms with Gasteiger partial charge in [-0.05, 0) is 19.5 Å². The number of hydrogen-bond donors (Lipinski definition) is 2. The molecule has 6 nitrogen and oxygen atoms in total. The second kappa shape index (κ2) is 7.70. The largest absolute Gasteiger partial charge is 0.346 e. The Bertz CT molecular complexity index is 597. The summed E-state index contributed by atoms with van der Waals surface area (Å²) in [6, 6.07) is 9.65. The first-order valence-electron chi connectivity index (χ1n) is 7.41. The zero-order chi connectivity index (χ0) is 15.9. The molecule has 1 aromatic heterocycles. The van der Waals surface area contributed by atoms with Crippen LogP contribution in [0.25, 0.3) is 0 Å². The molecule has 1 aromatic carbocycles. The first-order valence-corrected chi connectivity index (χ1v) is 7.41. The van der Waals surface area contributed by atoms with Gasteiger partial charge in [-0.1, -0.05) is 42.4 Å². The van der Waals surface area contributed by atoms with Gasteiger partial charge < -0.3 is 15.2 Å². The van der Waals surface area contributed by atoms with Crippen molar-refractivity contribution in [3.63, 3.8) is 0 Å². The summed E-state index contributed by atoms with van der Waals surface area (Å²) in [7, 11) is 1.82. The molecule has 0 aliphatic rings. The smallest absolute Gasteiger partial charge is 0.231 e. The van der Waals surface area contributed by atoms with Gasteiger partial charge in [0.25, 0.3) is 0 Å². The van der Waals surface area contributed by atoms with Crippen molar-refractivity contribution < 1.29 is 9.32 Å². The van der Waals surface area contributed by atoms with Crippen molar-refractivity contribution in [3.05, 3.63) is 47.6 Å². The molecule has 0 radical (unpaired) electrons. The SMILES string of the molecule is CNCC(C)C(=O)NC(C)c1noc(Cc2ccccc2)n1. The van der Waals surface area contributed by atoms with Crippen molar-refractivity contribution in [2.75, 3.05) is 13.6 Å².